The summed E-state index contributed by atoms with van der Waals surface area (Å²) in [5, 5.41) is 3.29. The molecule has 4 bridgehead atoms. The molecule has 2 heterocycles. The van der Waals surface area contributed by atoms with Crippen LogP contribution in [0.2, 0.25) is 0 Å². The van der Waals surface area contributed by atoms with E-state index < -0.39 is 0 Å². The van der Waals surface area contributed by atoms with E-state index in [0.717, 1.165) is 71.8 Å². The number of ether oxygens (including phenoxy) is 1. The van der Waals surface area contributed by atoms with Crippen LogP contribution in [0.15, 0.2) is 24.4 Å². The molecule has 4 aliphatic carbocycles. The van der Waals surface area contributed by atoms with E-state index in [1.54, 1.807) is 6.20 Å². The summed E-state index contributed by atoms with van der Waals surface area (Å²) in [6, 6.07) is 6.27. The van der Waals surface area contributed by atoms with Gasteiger partial charge in [-0.05, 0) is 93.9 Å². The summed E-state index contributed by atoms with van der Waals surface area (Å²) in [5.74, 6) is 3.58. The largest absolute Gasteiger partial charge is 0.488 e. The fraction of sp³-hybridized carbons (Fsp3) is 0.577. The number of hydrogen-bond acceptors (Lipinski definition) is 4. The minimum absolute atomic E-state index is 0.00723. The first-order chi connectivity index (χ1) is 15.0. The van der Waals surface area contributed by atoms with Gasteiger partial charge in [0.05, 0.1) is 23.6 Å². The summed E-state index contributed by atoms with van der Waals surface area (Å²) < 4.78 is 6.17. The number of fused-ring (bicyclic) bond motifs is 1. The maximum Gasteiger partial charge on any atom is 0.226 e. The molecule has 7 rings (SSSR count). The molecule has 4 saturated carbocycles. The number of nitrogens with one attached hydrogen (secondary N) is 1. The molecule has 5 heteroatoms. The average Bonchev–Trinajstić information content (AvgIpc) is 3.15. The molecule has 5 nitrogen and oxygen atoms in total. The Labute approximate surface area is 184 Å². The van der Waals surface area contributed by atoms with Crippen LogP contribution < -0.4 is 10.1 Å². The first kappa shape index (κ1) is 19.3. The second-order valence-corrected chi connectivity index (χ2v) is 10.6. The molecule has 2 aromatic rings. The predicted molar refractivity (Wildman–Crippen MR) is 119 cm³/mol. The third kappa shape index (κ3) is 3.33. The molecule has 1 aromatic heterocycles. The number of aromatic nitrogens is 2. The molecule has 5 aliphatic rings. The van der Waals surface area contributed by atoms with Crippen molar-refractivity contribution in [3.8, 4) is 17.0 Å². The summed E-state index contributed by atoms with van der Waals surface area (Å²) in [5.41, 5.74) is 4.96. The average molecular weight is 418 g/mol. The van der Waals surface area contributed by atoms with E-state index in [-0.39, 0.29) is 17.4 Å². The van der Waals surface area contributed by atoms with Crippen molar-refractivity contribution in [2.45, 2.75) is 64.9 Å². The van der Waals surface area contributed by atoms with Gasteiger partial charge in [0.1, 0.15) is 11.9 Å². The Morgan fingerprint density at radius 1 is 1.13 bits per heavy atom. The van der Waals surface area contributed by atoms with Crippen LogP contribution in [0.1, 0.15) is 55.5 Å². The second-order valence-electron chi connectivity index (χ2n) is 10.6. The van der Waals surface area contributed by atoms with E-state index in [0.29, 0.717) is 6.54 Å². The van der Waals surface area contributed by atoms with E-state index in [9.17, 15) is 4.79 Å². The number of nitrogens with zero attached hydrogens (tertiary/aromatic N) is 2. The summed E-state index contributed by atoms with van der Waals surface area (Å²) in [4.78, 5) is 22.4. The first-order valence-electron chi connectivity index (χ1n) is 11.9. The van der Waals surface area contributed by atoms with Crippen molar-refractivity contribution < 1.29 is 9.53 Å². The molecule has 4 fully saturated rings. The van der Waals surface area contributed by atoms with E-state index in [1.165, 1.54) is 24.8 Å². The third-order valence-corrected chi connectivity index (χ3v) is 8.16. The highest BCUT2D eigenvalue weighted by Crippen LogP contribution is 2.60. The number of hydrogen-bond donors (Lipinski definition) is 1. The van der Waals surface area contributed by atoms with Crippen LogP contribution in [-0.2, 0) is 11.2 Å². The lowest BCUT2D eigenvalue weighted by atomic mass is 9.49. The van der Waals surface area contributed by atoms with Gasteiger partial charge in [0, 0.05) is 23.6 Å². The minimum atomic E-state index is -0.0886. The molecular weight excluding hydrogens is 386 g/mol. The molecule has 1 aliphatic heterocycles. The number of carbonyl (C=O) groups excluding carboxylic acids is 1. The van der Waals surface area contributed by atoms with E-state index in [1.807, 2.05) is 19.9 Å². The van der Waals surface area contributed by atoms with Crippen molar-refractivity contribution in [1.82, 2.24) is 15.3 Å². The summed E-state index contributed by atoms with van der Waals surface area (Å²) in [7, 11) is 0. The Kier molecular flexibility index (Phi) is 4.38. The van der Waals surface area contributed by atoms with Gasteiger partial charge < -0.3 is 10.1 Å². The molecule has 1 atom stereocenters. The van der Waals surface area contributed by atoms with Gasteiger partial charge in [-0.25, -0.2) is 4.98 Å². The number of rotatable bonds is 4. The Hall–Kier alpha value is -2.43. The van der Waals surface area contributed by atoms with Gasteiger partial charge in [-0.1, -0.05) is 0 Å². The molecule has 0 radical (unpaired) electrons. The van der Waals surface area contributed by atoms with Crippen molar-refractivity contribution in [2.24, 2.45) is 23.2 Å². The van der Waals surface area contributed by atoms with Gasteiger partial charge in [-0.3, -0.25) is 9.78 Å². The number of carbonyl (C=O) groups is 1. The molecule has 31 heavy (non-hydrogen) atoms. The zero-order chi connectivity index (χ0) is 21.2. The van der Waals surface area contributed by atoms with Gasteiger partial charge in [0.15, 0.2) is 0 Å². The molecule has 0 spiro atoms. The second kappa shape index (κ2) is 7.04. The predicted octanol–water partition coefficient (Wildman–Crippen LogP) is 4.40. The van der Waals surface area contributed by atoms with Gasteiger partial charge in [-0.2, -0.15) is 0 Å². The van der Waals surface area contributed by atoms with Crippen LogP contribution in [0.25, 0.3) is 11.3 Å². The van der Waals surface area contributed by atoms with E-state index >= 15 is 0 Å². The topological polar surface area (TPSA) is 64.1 Å². The van der Waals surface area contributed by atoms with E-state index in [4.69, 9.17) is 4.74 Å². The van der Waals surface area contributed by atoms with Crippen LogP contribution in [-0.4, -0.2) is 28.5 Å². The molecule has 1 aromatic carbocycles. The zero-order valence-corrected chi connectivity index (χ0v) is 18.5. The summed E-state index contributed by atoms with van der Waals surface area (Å²) >= 11 is 0. The molecule has 1 amide bonds. The van der Waals surface area contributed by atoms with Gasteiger partial charge in [-0.15, -0.1) is 0 Å². The first-order valence-corrected chi connectivity index (χ1v) is 11.9. The SMILES string of the molecule is Cc1cnc(C)c(-c2ccc3c(c2)CC(CNC(=O)C24CC5CC(CC(C5)C2)C4)O3)n1. The lowest BCUT2D eigenvalue weighted by Gasteiger charge is -2.55. The Balaban J connectivity index is 1.12. The highest BCUT2D eigenvalue weighted by atomic mass is 16.5. The number of amides is 1. The summed E-state index contributed by atoms with van der Waals surface area (Å²) in [6.45, 7) is 4.55. The minimum Gasteiger partial charge on any atom is -0.488 e. The zero-order valence-electron chi connectivity index (χ0n) is 18.5. The Morgan fingerprint density at radius 2 is 1.84 bits per heavy atom. The Bertz CT molecular complexity index is 1010. The van der Waals surface area contributed by atoms with Crippen molar-refractivity contribution in [1.29, 1.82) is 0 Å². The summed E-state index contributed by atoms with van der Waals surface area (Å²) in [6.07, 6.45) is 10.0. The smallest absolute Gasteiger partial charge is 0.226 e. The van der Waals surface area contributed by atoms with Gasteiger partial charge >= 0.3 is 0 Å². The van der Waals surface area contributed by atoms with Crippen molar-refractivity contribution in [2.75, 3.05) is 6.54 Å². The maximum atomic E-state index is 13.3. The monoisotopic (exact) mass is 417 g/mol. The third-order valence-electron chi connectivity index (χ3n) is 8.16. The lowest BCUT2D eigenvalue weighted by molar-refractivity contribution is -0.146. The van der Waals surface area contributed by atoms with Crippen molar-refractivity contribution >= 4 is 5.91 Å². The van der Waals surface area contributed by atoms with Crippen LogP contribution in [0.4, 0.5) is 0 Å². The van der Waals surface area contributed by atoms with Crippen molar-refractivity contribution in [3.63, 3.8) is 0 Å². The molecule has 1 N–H and O–H groups in total. The van der Waals surface area contributed by atoms with Crippen LogP contribution in [0, 0.1) is 37.0 Å². The normalized spacial score (nSPS) is 32.6. The van der Waals surface area contributed by atoms with Gasteiger partial charge in [0.2, 0.25) is 5.91 Å². The molecular formula is C26H31N3O2. The highest BCUT2D eigenvalue weighted by Gasteiger charge is 2.54. The van der Waals surface area contributed by atoms with Crippen LogP contribution >= 0.6 is 0 Å². The van der Waals surface area contributed by atoms with Crippen molar-refractivity contribution in [3.05, 3.63) is 41.3 Å². The fourth-order valence-electron chi connectivity index (χ4n) is 7.18. The van der Waals surface area contributed by atoms with E-state index in [2.05, 4.69) is 27.4 Å². The van der Waals surface area contributed by atoms with Crippen LogP contribution in [0.5, 0.6) is 5.75 Å². The molecule has 1 unspecified atom stereocenters. The fourth-order valence-corrected chi connectivity index (χ4v) is 7.18. The Morgan fingerprint density at radius 3 is 2.55 bits per heavy atom. The standard InChI is InChI=1S/C26H31N3O2/c1-15-13-27-16(2)24(29-15)20-3-4-23-21(8-20)9-22(31-23)14-28-25(30)26-10-17-5-18(11-26)7-19(6-17)12-26/h3-4,8,13,17-19,22H,5-7,9-12,14H2,1-2H3,(H,28,30). The highest BCUT2D eigenvalue weighted by molar-refractivity contribution is 5.83. The van der Waals surface area contributed by atoms with Crippen LogP contribution in [0.3, 0.4) is 0 Å². The maximum absolute atomic E-state index is 13.3. The number of benzene rings is 1. The number of aryl methyl sites for hydroxylation is 2. The molecule has 0 saturated heterocycles. The molecule has 162 valence electrons. The quantitative estimate of drug-likeness (QED) is 0.801. The van der Waals surface area contributed by atoms with Gasteiger partial charge in [0.25, 0.3) is 0 Å². The lowest BCUT2D eigenvalue weighted by Crippen LogP contribution is -2.54.